The average molecular weight is 137 g/mol. The second kappa shape index (κ2) is 2.66. The predicted molar refractivity (Wildman–Crippen MR) is 29.4 cm³/mol. The lowest BCUT2D eigenvalue weighted by molar-refractivity contribution is -0.0918. The maximum atomic E-state index is 11.4. The van der Waals surface area contributed by atoms with E-state index in [4.69, 9.17) is 0 Å². The van der Waals surface area contributed by atoms with E-state index in [1.165, 1.54) is 6.92 Å². The highest BCUT2D eigenvalue weighted by Crippen LogP contribution is 2.24. The van der Waals surface area contributed by atoms with Gasteiger partial charge in [0.15, 0.2) is 0 Å². The SMILES string of the molecule is C=C(N=CC)C(F)(F)F. The van der Waals surface area contributed by atoms with E-state index in [1.807, 2.05) is 0 Å². The summed E-state index contributed by atoms with van der Waals surface area (Å²) < 4.78 is 34.3. The molecular formula is C5H6F3N. The van der Waals surface area contributed by atoms with E-state index >= 15 is 0 Å². The summed E-state index contributed by atoms with van der Waals surface area (Å²) in [5, 5.41) is 0. The van der Waals surface area contributed by atoms with E-state index in [1.54, 1.807) is 0 Å². The van der Waals surface area contributed by atoms with Gasteiger partial charge in [0.05, 0.1) is 0 Å². The molecule has 0 aromatic carbocycles. The summed E-state index contributed by atoms with van der Waals surface area (Å²) in [5.41, 5.74) is -1.06. The Morgan fingerprint density at radius 2 is 2.00 bits per heavy atom. The van der Waals surface area contributed by atoms with Crippen molar-refractivity contribution >= 4 is 6.21 Å². The van der Waals surface area contributed by atoms with Crippen molar-refractivity contribution in [2.75, 3.05) is 0 Å². The zero-order valence-electron chi connectivity index (χ0n) is 4.87. The maximum Gasteiger partial charge on any atom is 0.432 e. The number of allylic oxidation sites excluding steroid dienone is 1. The molecular weight excluding hydrogens is 131 g/mol. The van der Waals surface area contributed by atoms with Gasteiger partial charge in [0.2, 0.25) is 0 Å². The Morgan fingerprint density at radius 1 is 1.56 bits per heavy atom. The first-order valence-corrected chi connectivity index (χ1v) is 2.23. The quantitative estimate of drug-likeness (QED) is 0.491. The molecule has 0 rings (SSSR count). The Labute approximate surface area is 50.9 Å². The summed E-state index contributed by atoms with van der Waals surface area (Å²) in [6, 6.07) is 0. The molecule has 0 N–H and O–H groups in total. The van der Waals surface area contributed by atoms with Crippen LogP contribution in [0.25, 0.3) is 0 Å². The van der Waals surface area contributed by atoms with E-state index in [0.29, 0.717) is 0 Å². The average Bonchev–Trinajstić information content (AvgIpc) is 1.64. The van der Waals surface area contributed by atoms with Gasteiger partial charge in [-0.1, -0.05) is 6.58 Å². The monoisotopic (exact) mass is 137 g/mol. The molecule has 4 heteroatoms. The van der Waals surface area contributed by atoms with Crippen LogP contribution in [0.3, 0.4) is 0 Å². The Hall–Kier alpha value is -0.800. The first kappa shape index (κ1) is 8.20. The van der Waals surface area contributed by atoms with Crippen LogP contribution in [0.5, 0.6) is 0 Å². The largest absolute Gasteiger partial charge is 0.432 e. The fraction of sp³-hybridized carbons (Fsp3) is 0.400. The number of hydrogen-bond acceptors (Lipinski definition) is 1. The van der Waals surface area contributed by atoms with Crippen molar-refractivity contribution in [3.8, 4) is 0 Å². The third-order valence-electron chi connectivity index (χ3n) is 0.612. The smallest absolute Gasteiger partial charge is 0.257 e. The number of alkyl halides is 3. The topological polar surface area (TPSA) is 12.4 Å². The Balaban J connectivity index is 4.06. The lowest BCUT2D eigenvalue weighted by Crippen LogP contribution is -2.08. The third kappa shape index (κ3) is 2.90. The van der Waals surface area contributed by atoms with Crippen molar-refractivity contribution in [2.24, 2.45) is 4.99 Å². The van der Waals surface area contributed by atoms with Crippen molar-refractivity contribution in [2.45, 2.75) is 13.1 Å². The molecule has 9 heavy (non-hydrogen) atoms. The summed E-state index contributed by atoms with van der Waals surface area (Å²) in [6.45, 7) is 4.09. The number of rotatable bonds is 1. The van der Waals surface area contributed by atoms with Crippen LogP contribution in [0, 0.1) is 0 Å². The minimum absolute atomic E-state index is 1.05. The van der Waals surface area contributed by atoms with Crippen LogP contribution in [-0.4, -0.2) is 12.4 Å². The van der Waals surface area contributed by atoms with Gasteiger partial charge >= 0.3 is 6.18 Å². The van der Waals surface area contributed by atoms with Gasteiger partial charge in [-0.25, -0.2) is 0 Å². The van der Waals surface area contributed by atoms with Gasteiger partial charge in [-0.2, -0.15) is 13.2 Å². The van der Waals surface area contributed by atoms with Crippen LogP contribution >= 0.6 is 0 Å². The van der Waals surface area contributed by atoms with Crippen LogP contribution in [0.4, 0.5) is 13.2 Å². The van der Waals surface area contributed by atoms with Crippen LogP contribution in [0.2, 0.25) is 0 Å². The number of aliphatic imine (C=N–C) groups is 1. The molecule has 0 fully saturated rings. The number of halogens is 3. The Bertz CT molecular complexity index is 134. The van der Waals surface area contributed by atoms with E-state index in [2.05, 4.69) is 11.6 Å². The lowest BCUT2D eigenvalue weighted by Gasteiger charge is -2.02. The second-order valence-corrected chi connectivity index (χ2v) is 1.33. The fourth-order valence-electron chi connectivity index (χ4n) is 0.229. The molecule has 0 spiro atoms. The first-order valence-electron chi connectivity index (χ1n) is 2.23. The molecule has 0 aromatic heterocycles. The summed E-state index contributed by atoms with van der Waals surface area (Å²) in [4.78, 5) is 2.95. The molecule has 0 saturated heterocycles. The lowest BCUT2D eigenvalue weighted by atomic mass is 10.5. The van der Waals surface area contributed by atoms with Crippen molar-refractivity contribution in [3.63, 3.8) is 0 Å². The molecule has 0 aromatic rings. The molecule has 1 nitrogen and oxygen atoms in total. The van der Waals surface area contributed by atoms with Gasteiger partial charge in [0, 0.05) is 6.21 Å². The molecule has 0 aliphatic carbocycles. The minimum Gasteiger partial charge on any atom is -0.257 e. The van der Waals surface area contributed by atoms with Crippen molar-refractivity contribution < 1.29 is 13.2 Å². The van der Waals surface area contributed by atoms with Crippen molar-refractivity contribution in [1.82, 2.24) is 0 Å². The molecule has 0 radical (unpaired) electrons. The molecule has 0 aliphatic heterocycles. The van der Waals surface area contributed by atoms with Crippen LogP contribution in [0.15, 0.2) is 17.3 Å². The van der Waals surface area contributed by atoms with Gasteiger partial charge < -0.3 is 0 Å². The van der Waals surface area contributed by atoms with Crippen LogP contribution < -0.4 is 0 Å². The molecule has 0 atom stereocenters. The van der Waals surface area contributed by atoms with Gasteiger partial charge in [-0.15, -0.1) is 0 Å². The normalized spacial score (nSPS) is 12.4. The van der Waals surface area contributed by atoms with Gasteiger partial charge in [0.1, 0.15) is 5.70 Å². The molecule has 0 unspecified atom stereocenters. The molecule has 0 heterocycles. The summed E-state index contributed by atoms with van der Waals surface area (Å²) >= 11 is 0. The minimum atomic E-state index is -4.38. The Morgan fingerprint density at radius 3 is 2.11 bits per heavy atom. The van der Waals surface area contributed by atoms with E-state index in [-0.39, 0.29) is 0 Å². The first-order chi connectivity index (χ1) is 3.98. The van der Waals surface area contributed by atoms with Crippen molar-refractivity contribution in [3.05, 3.63) is 12.3 Å². The van der Waals surface area contributed by atoms with Gasteiger partial charge in [-0.05, 0) is 6.92 Å². The van der Waals surface area contributed by atoms with Gasteiger partial charge in [0.25, 0.3) is 0 Å². The zero-order chi connectivity index (χ0) is 7.49. The number of nitrogens with zero attached hydrogens (tertiary/aromatic N) is 1. The van der Waals surface area contributed by atoms with Gasteiger partial charge in [-0.3, -0.25) is 4.99 Å². The summed E-state index contributed by atoms with van der Waals surface area (Å²) in [7, 11) is 0. The standard InChI is InChI=1S/C5H6F3N/c1-3-9-4(2)5(6,7)8/h3H,2H2,1H3. The highest BCUT2D eigenvalue weighted by atomic mass is 19.4. The molecule has 52 valence electrons. The van der Waals surface area contributed by atoms with E-state index in [9.17, 15) is 13.2 Å². The highest BCUT2D eigenvalue weighted by Gasteiger charge is 2.31. The van der Waals surface area contributed by atoms with Crippen LogP contribution in [-0.2, 0) is 0 Å². The van der Waals surface area contributed by atoms with Crippen LogP contribution in [0.1, 0.15) is 6.92 Å². The highest BCUT2D eigenvalue weighted by molar-refractivity contribution is 5.55. The van der Waals surface area contributed by atoms with E-state index in [0.717, 1.165) is 6.21 Å². The third-order valence-corrected chi connectivity index (χ3v) is 0.612. The molecule has 0 aliphatic rings. The maximum absolute atomic E-state index is 11.4. The fourth-order valence-corrected chi connectivity index (χ4v) is 0.229. The summed E-state index contributed by atoms with van der Waals surface area (Å²) in [6.07, 6.45) is -3.33. The summed E-state index contributed by atoms with van der Waals surface area (Å²) in [5.74, 6) is 0. The second-order valence-electron chi connectivity index (χ2n) is 1.33. The zero-order valence-corrected chi connectivity index (χ0v) is 4.87. The van der Waals surface area contributed by atoms with E-state index < -0.39 is 11.9 Å². The van der Waals surface area contributed by atoms with Crippen molar-refractivity contribution in [1.29, 1.82) is 0 Å². The number of hydrogen-bond donors (Lipinski definition) is 0. The Kier molecular flexibility index (Phi) is 2.42. The molecule has 0 amide bonds. The molecule has 0 bridgehead atoms. The predicted octanol–water partition coefficient (Wildman–Crippen LogP) is 2.15. The molecule has 0 saturated carbocycles.